The summed E-state index contributed by atoms with van der Waals surface area (Å²) >= 11 is 5.04. The lowest BCUT2D eigenvalue weighted by Crippen LogP contribution is -2.39. The molecule has 21 heavy (non-hydrogen) atoms. The molecule has 0 heterocycles. The highest BCUT2D eigenvalue weighted by Gasteiger charge is 2.07. The fourth-order valence-electron chi connectivity index (χ4n) is 1.70. The molecule has 0 atom stereocenters. The van der Waals surface area contributed by atoms with E-state index in [1.807, 2.05) is 19.1 Å². The van der Waals surface area contributed by atoms with Gasteiger partial charge in [-0.05, 0) is 49.3 Å². The van der Waals surface area contributed by atoms with Gasteiger partial charge >= 0.3 is 0 Å². The van der Waals surface area contributed by atoms with Crippen LogP contribution in [0, 0.1) is 0 Å². The van der Waals surface area contributed by atoms with Crippen molar-refractivity contribution in [2.24, 2.45) is 0 Å². The Bertz CT molecular complexity index is 446. The minimum Gasteiger partial charge on any atom is -0.494 e. The monoisotopic (exact) mass is 308 g/mol. The standard InChI is InChI=1S/C16H24N2O2S/c1-3-5-6-12-20-14-9-7-13(8-10-14)15(19)18-16(21)17-11-4-2/h7-10H,3-6,11-12H2,1-2H3,(H2,17,18,19,21). The zero-order chi connectivity index (χ0) is 15.5. The molecular weight excluding hydrogens is 284 g/mol. The SMILES string of the molecule is CCCCCOc1ccc(C(=O)NC(=S)NCCC)cc1. The molecule has 0 fully saturated rings. The van der Waals surface area contributed by atoms with E-state index in [9.17, 15) is 4.79 Å². The third-order valence-electron chi connectivity index (χ3n) is 2.90. The summed E-state index contributed by atoms with van der Waals surface area (Å²) in [5.41, 5.74) is 0.566. The van der Waals surface area contributed by atoms with Crippen molar-refractivity contribution in [3.05, 3.63) is 29.8 Å². The third kappa shape index (κ3) is 7.09. The summed E-state index contributed by atoms with van der Waals surface area (Å²) in [6, 6.07) is 7.10. The Balaban J connectivity index is 2.42. The highest BCUT2D eigenvalue weighted by molar-refractivity contribution is 7.80. The molecular formula is C16H24N2O2S. The Kier molecular flexibility index (Phi) is 8.43. The number of amides is 1. The molecule has 116 valence electrons. The van der Waals surface area contributed by atoms with Crippen molar-refractivity contribution in [1.29, 1.82) is 0 Å². The fourth-order valence-corrected chi connectivity index (χ4v) is 1.90. The molecule has 0 aromatic heterocycles. The fraction of sp³-hybridized carbons (Fsp3) is 0.500. The Labute approximate surface area is 132 Å². The Morgan fingerprint density at radius 1 is 1.14 bits per heavy atom. The van der Waals surface area contributed by atoms with Gasteiger partial charge in [0, 0.05) is 12.1 Å². The van der Waals surface area contributed by atoms with Gasteiger partial charge in [0.05, 0.1) is 6.61 Å². The molecule has 0 unspecified atom stereocenters. The van der Waals surface area contributed by atoms with Crippen LogP contribution >= 0.6 is 12.2 Å². The van der Waals surface area contributed by atoms with Gasteiger partial charge in [0.15, 0.2) is 5.11 Å². The first-order valence-electron chi connectivity index (χ1n) is 7.49. The predicted octanol–water partition coefficient (Wildman–Crippen LogP) is 3.27. The molecule has 2 N–H and O–H groups in total. The zero-order valence-electron chi connectivity index (χ0n) is 12.8. The predicted molar refractivity (Wildman–Crippen MR) is 89.8 cm³/mol. The van der Waals surface area contributed by atoms with Gasteiger partial charge in [0.2, 0.25) is 0 Å². The van der Waals surface area contributed by atoms with Gasteiger partial charge in [-0.25, -0.2) is 0 Å². The van der Waals surface area contributed by atoms with Crippen LogP contribution in [0.3, 0.4) is 0 Å². The molecule has 1 amide bonds. The van der Waals surface area contributed by atoms with E-state index in [2.05, 4.69) is 17.6 Å². The van der Waals surface area contributed by atoms with E-state index in [-0.39, 0.29) is 5.91 Å². The summed E-state index contributed by atoms with van der Waals surface area (Å²) in [5.74, 6) is 0.579. The lowest BCUT2D eigenvalue weighted by molar-refractivity contribution is 0.0976. The van der Waals surface area contributed by atoms with Crippen molar-refractivity contribution in [2.45, 2.75) is 39.5 Å². The minimum absolute atomic E-state index is 0.207. The van der Waals surface area contributed by atoms with E-state index in [4.69, 9.17) is 17.0 Å². The highest BCUT2D eigenvalue weighted by Crippen LogP contribution is 2.12. The summed E-state index contributed by atoms with van der Waals surface area (Å²) in [4.78, 5) is 11.9. The van der Waals surface area contributed by atoms with Crippen LogP contribution in [-0.2, 0) is 0 Å². The molecule has 0 spiro atoms. The molecule has 5 heteroatoms. The van der Waals surface area contributed by atoms with Crippen molar-refractivity contribution in [1.82, 2.24) is 10.6 Å². The molecule has 1 rings (SSSR count). The summed E-state index contributed by atoms with van der Waals surface area (Å²) in [6.07, 6.45) is 4.35. The van der Waals surface area contributed by atoms with Gasteiger partial charge in [0.1, 0.15) is 5.75 Å². The van der Waals surface area contributed by atoms with E-state index in [1.54, 1.807) is 12.1 Å². The van der Waals surface area contributed by atoms with Crippen LogP contribution in [0.2, 0.25) is 0 Å². The number of nitrogens with one attached hydrogen (secondary N) is 2. The second kappa shape index (κ2) is 10.2. The van der Waals surface area contributed by atoms with Crippen molar-refractivity contribution in [2.75, 3.05) is 13.2 Å². The molecule has 0 aliphatic heterocycles. The molecule has 0 radical (unpaired) electrons. The quantitative estimate of drug-likeness (QED) is 0.572. The lowest BCUT2D eigenvalue weighted by Gasteiger charge is -2.09. The maximum atomic E-state index is 11.9. The van der Waals surface area contributed by atoms with E-state index in [1.165, 1.54) is 12.8 Å². The Morgan fingerprint density at radius 3 is 2.48 bits per heavy atom. The number of hydrogen-bond donors (Lipinski definition) is 2. The van der Waals surface area contributed by atoms with Crippen LogP contribution in [-0.4, -0.2) is 24.2 Å². The molecule has 0 bridgehead atoms. The second-order valence-electron chi connectivity index (χ2n) is 4.79. The topological polar surface area (TPSA) is 50.4 Å². The van der Waals surface area contributed by atoms with E-state index >= 15 is 0 Å². The van der Waals surface area contributed by atoms with Gasteiger partial charge in [-0.1, -0.05) is 26.7 Å². The van der Waals surface area contributed by atoms with Gasteiger partial charge in [-0.2, -0.15) is 0 Å². The van der Waals surface area contributed by atoms with Crippen molar-refractivity contribution in [3.8, 4) is 5.75 Å². The minimum atomic E-state index is -0.207. The maximum absolute atomic E-state index is 11.9. The average molecular weight is 308 g/mol. The molecule has 0 aliphatic carbocycles. The highest BCUT2D eigenvalue weighted by atomic mass is 32.1. The molecule has 0 saturated carbocycles. The second-order valence-corrected chi connectivity index (χ2v) is 5.20. The number of benzene rings is 1. The van der Waals surface area contributed by atoms with Gasteiger partial charge in [0.25, 0.3) is 5.91 Å². The first kappa shape index (κ1) is 17.4. The number of rotatable bonds is 8. The van der Waals surface area contributed by atoms with Crippen LogP contribution in [0.1, 0.15) is 49.9 Å². The molecule has 0 aliphatic rings. The number of thiocarbonyl (C=S) groups is 1. The molecule has 4 nitrogen and oxygen atoms in total. The van der Waals surface area contributed by atoms with Gasteiger partial charge < -0.3 is 10.1 Å². The lowest BCUT2D eigenvalue weighted by atomic mass is 10.2. The number of unbranched alkanes of at least 4 members (excludes halogenated alkanes) is 2. The summed E-state index contributed by atoms with van der Waals surface area (Å²) < 4.78 is 5.61. The van der Waals surface area contributed by atoms with Crippen LogP contribution < -0.4 is 15.4 Å². The van der Waals surface area contributed by atoms with E-state index in [0.29, 0.717) is 17.3 Å². The Morgan fingerprint density at radius 2 is 1.86 bits per heavy atom. The van der Waals surface area contributed by atoms with Crippen molar-refractivity contribution in [3.63, 3.8) is 0 Å². The number of carbonyl (C=O) groups is 1. The number of hydrogen-bond acceptors (Lipinski definition) is 3. The molecule has 0 saturated heterocycles. The maximum Gasteiger partial charge on any atom is 0.257 e. The first-order valence-corrected chi connectivity index (χ1v) is 7.90. The van der Waals surface area contributed by atoms with Crippen molar-refractivity contribution < 1.29 is 9.53 Å². The molecule has 1 aromatic rings. The summed E-state index contributed by atoms with van der Waals surface area (Å²) in [5, 5.41) is 5.97. The van der Waals surface area contributed by atoms with Crippen LogP contribution in [0.15, 0.2) is 24.3 Å². The van der Waals surface area contributed by atoms with Gasteiger partial charge in [-0.15, -0.1) is 0 Å². The normalized spacial score (nSPS) is 10.0. The zero-order valence-corrected chi connectivity index (χ0v) is 13.6. The first-order chi connectivity index (χ1) is 10.2. The van der Waals surface area contributed by atoms with Crippen molar-refractivity contribution >= 4 is 23.2 Å². The average Bonchev–Trinajstić information content (AvgIpc) is 2.50. The van der Waals surface area contributed by atoms with E-state index < -0.39 is 0 Å². The van der Waals surface area contributed by atoms with Gasteiger partial charge in [-0.3, -0.25) is 10.1 Å². The smallest absolute Gasteiger partial charge is 0.257 e. The summed E-state index contributed by atoms with van der Waals surface area (Å²) in [7, 11) is 0. The van der Waals surface area contributed by atoms with Crippen LogP contribution in [0.5, 0.6) is 5.75 Å². The Hall–Kier alpha value is -1.62. The third-order valence-corrected chi connectivity index (χ3v) is 3.14. The number of carbonyl (C=O) groups excluding carboxylic acids is 1. The summed E-state index contributed by atoms with van der Waals surface area (Å²) in [6.45, 7) is 5.66. The largest absolute Gasteiger partial charge is 0.494 e. The molecule has 1 aromatic carbocycles. The van der Waals surface area contributed by atoms with Crippen LogP contribution in [0.25, 0.3) is 0 Å². The van der Waals surface area contributed by atoms with Crippen LogP contribution in [0.4, 0.5) is 0 Å². The van der Waals surface area contributed by atoms with E-state index in [0.717, 1.165) is 25.1 Å². The number of ether oxygens (including phenoxy) is 1.